The van der Waals surface area contributed by atoms with Crippen molar-refractivity contribution in [2.75, 3.05) is 0 Å². The molecule has 0 aliphatic rings. The van der Waals surface area contributed by atoms with Crippen LogP contribution in [0.25, 0.3) is 10.6 Å². The number of phenolic OH excluding ortho intramolecular Hbond substituents is 1. The van der Waals surface area contributed by atoms with E-state index in [0.29, 0.717) is 0 Å². The number of aromatic nitrogens is 1. The first-order valence-electron chi connectivity index (χ1n) is 4.67. The predicted octanol–water partition coefficient (Wildman–Crippen LogP) is 2.54. The van der Waals surface area contributed by atoms with Gasteiger partial charge in [-0.25, -0.2) is 4.98 Å². The Kier molecular flexibility index (Phi) is 2.70. The van der Waals surface area contributed by atoms with E-state index in [2.05, 4.69) is 4.98 Å². The van der Waals surface area contributed by atoms with E-state index in [-0.39, 0.29) is 11.8 Å². The maximum Gasteiger partial charge on any atom is 0.123 e. The molecule has 1 atom stereocenters. The quantitative estimate of drug-likeness (QED) is 0.817. The van der Waals surface area contributed by atoms with Gasteiger partial charge in [0.15, 0.2) is 0 Å². The number of phenols is 1. The van der Waals surface area contributed by atoms with Crippen LogP contribution in [0.2, 0.25) is 0 Å². The molecule has 2 aromatic rings. The highest BCUT2D eigenvalue weighted by molar-refractivity contribution is 7.15. The minimum atomic E-state index is 0.0216. The van der Waals surface area contributed by atoms with Crippen LogP contribution in [0.5, 0.6) is 5.75 Å². The molecule has 0 bridgehead atoms. The standard InChI is InChI=1S/C11H12N2OS/c1-7(12)10-6-13-11(15-10)8-2-4-9(14)5-3-8/h2-7,14H,12H2,1H3. The van der Waals surface area contributed by atoms with Crippen molar-refractivity contribution in [2.45, 2.75) is 13.0 Å². The van der Waals surface area contributed by atoms with Crippen molar-refractivity contribution >= 4 is 11.3 Å². The fourth-order valence-corrected chi connectivity index (χ4v) is 2.11. The fourth-order valence-electron chi connectivity index (χ4n) is 1.23. The maximum atomic E-state index is 9.16. The smallest absolute Gasteiger partial charge is 0.123 e. The number of rotatable bonds is 2. The molecular formula is C11H12N2OS. The van der Waals surface area contributed by atoms with E-state index in [1.165, 1.54) is 0 Å². The summed E-state index contributed by atoms with van der Waals surface area (Å²) >= 11 is 1.58. The van der Waals surface area contributed by atoms with E-state index in [1.807, 2.05) is 19.1 Å². The lowest BCUT2D eigenvalue weighted by Crippen LogP contribution is -2.01. The summed E-state index contributed by atoms with van der Waals surface area (Å²) in [5.74, 6) is 0.266. The van der Waals surface area contributed by atoms with Gasteiger partial charge in [0.2, 0.25) is 0 Å². The number of hydrogen-bond donors (Lipinski definition) is 2. The summed E-state index contributed by atoms with van der Waals surface area (Å²) in [6.07, 6.45) is 1.80. The van der Waals surface area contributed by atoms with E-state index in [0.717, 1.165) is 15.4 Å². The zero-order valence-corrected chi connectivity index (χ0v) is 9.16. The lowest BCUT2D eigenvalue weighted by molar-refractivity contribution is 0.475. The molecule has 0 saturated heterocycles. The minimum absolute atomic E-state index is 0.0216. The second-order valence-electron chi connectivity index (χ2n) is 3.40. The summed E-state index contributed by atoms with van der Waals surface area (Å²) < 4.78 is 0. The normalized spacial score (nSPS) is 12.7. The van der Waals surface area contributed by atoms with Gasteiger partial charge in [-0.15, -0.1) is 11.3 Å². The Balaban J connectivity index is 2.33. The van der Waals surface area contributed by atoms with Gasteiger partial charge in [-0.05, 0) is 31.2 Å². The number of hydrogen-bond acceptors (Lipinski definition) is 4. The first kappa shape index (κ1) is 10.1. The first-order valence-corrected chi connectivity index (χ1v) is 5.49. The molecule has 4 heteroatoms. The SMILES string of the molecule is CC(N)c1cnc(-c2ccc(O)cc2)s1. The Bertz CT molecular complexity index is 448. The van der Waals surface area contributed by atoms with Crippen molar-refractivity contribution in [1.82, 2.24) is 4.98 Å². The van der Waals surface area contributed by atoms with Crippen LogP contribution in [0.1, 0.15) is 17.8 Å². The highest BCUT2D eigenvalue weighted by atomic mass is 32.1. The van der Waals surface area contributed by atoms with E-state index in [4.69, 9.17) is 10.8 Å². The van der Waals surface area contributed by atoms with E-state index >= 15 is 0 Å². The van der Waals surface area contributed by atoms with Gasteiger partial charge in [0, 0.05) is 22.7 Å². The van der Waals surface area contributed by atoms with Crippen molar-refractivity contribution in [3.63, 3.8) is 0 Å². The van der Waals surface area contributed by atoms with Gasteiger partial charge in [0.1, 0.15) is 10.8 Å². The molecule has 0 aliphatic carbocycles. The lowest BCUT2D eigenvalue weighted by Gasteiger charge is -1.98. The molecule has 1 aromatic carbocycles. The molecule has 0 radical (unpaired) electrons. The third kappa shape index (κ3) is 2.16. The highest BCUT2D eigenvalue weighted by Gasteiger charge is 2.07. The van der Waals surface area contributed by atoms with Crippen LogP contribution in [-0.4, -0.2) is 10.1 Å². The summed E-state index contributed by atoms with van der Waals surface area (Å²) in [4.78, 5) is 5.36. The van der Waals surface area contributed by atoms with Gasteiger partial charge in [-0.2, -0.15) is 0 Å². The molecule has 78 valence electrons. The Hall–Kier alpha value is -1.39. The average molecular weight is 220 g/mol. The average Bonchev–Trinajstić information content (AvgIpc) is 2.68. The van der Waals surface area contributed by atoms with Crippen molar-refractivity contribution in [1.29, 1.82) is 0 Å². The topological polar surface area (TPSA) is 59.1 Å². The summed E-state index contributed by atoms with van der Waals surface area (Å²) in [5, 5.41) is 10.1. The van der Waals surface area contributed by atoms with Gasteiger partial charge in [0.05, 0.1) is 0 Å². The number of nitrogens with zero attached hydrogens (tertiary/aromatic N) is 1. The Morgan fingerprint density at radius 3 is 2.53 bits per heavy atom. The number of thiazole rings is 1. The summed E-state index contributed by atoms with van der Waals surface area (Å²) in [7, 11) is 0. The maximum absolute atomic E-state index is 9.16. The van der Waals surface area contributed by atoms with E-state index < -0.39 is 0 Å². The second-order valence-corrected chi connectivity index (χ2v) is 4.47. The van der Waals surface area contributed by atoms with E-state index in [9.17, 15) is 0 Å². The molecule has 0 fully saturated rings. The highest BCUT2D eigenvalue weighted by Crippen LogP contribution is 2.28. The molecular weight excluding hydrogens is 208 g/mol. The first-order chi connectivity index (χ1) is 7.16. The van der Waals surface area contributed by atoms with Crippen molar-refractivity contribution in [3.05, 3.63) is 35.3 Å². The zero-order chi connectivity index (χ0) is 10.8. The van der Waals surface area contributed by atoms with Gasteiger partial charge >= 0.3 is 0 Å². The van der Waals surface area contributed by atoms with Crippen LogP contribution in [0, 0.1) is 0 Å². The molecule has 1 heterocycles. The van der Waals surface area contributed by atoms with Gasteiger partial charge in [0.25, 0.3) is 0 Å². The summed E-state index contributed by atoms with van der Waals surface area (Å²) in [6.45, 7) is 1.94. The Morgan fingerprint density at radius 1 is 1.33 bits per heavy atom. The van der Waals surface area contributed by atoms with Crippen LogP contribution < -0.4 is 5.73 Å². The summed E-state index contributed by atoms with van der Waals surface area (Å²) in [5.41, 5.74) is 6.76. The number of aromatic hydroxyl groups is 1. The Labute approximate surface area is 92.2 Å². The molecule has 3 nitrogen and oxygen atoms in total. The molecule has 0 saturated carbocycles. The largest absolute Gasteiger partial charge is 0.508 e. The molecule has 0 amide bonds. The number of benzene rings is 1. The molecule has 2 rings (SSSR count). The molecule has 0 aliphatic heterocycles. The van der Waals surface area contributed by atoms with Crippen LogP contribution in [-0.2, 0) is 0 Å². The lowest BCUT2D eigenvalue weighted by atomic mass is 10.2. The molecule has 0 spiro atoms. The van der Waals surface area contributed by atoms with Gasteiger partial charge in [-0.1, -0.05) is 0 Å². The number of nitrogens with two attached hydrogens (primary N) is 1. The van der Waals surface area contributed by atoms with Crippen molar-refractivity contribution in [3.8, 4) is 16.3 Å². The van der Waals surface area contributed by atoms with Crippen molar-refractivity contribution in [2.24, 2.45) is 5.73 Å². The third-order valence-electron chi connectivity index (χ3n) is 2.09. The van der Waals surface area contributed by atoms with Crippen LogP contribution >= 0.6 is 11.3 Å². The monoisotopic (exact) mass is 220 g/mol. The molecule has 1 unspecified atom stereocenters. The van der Waals surface area contributed by atoms with Gasteiger partial charge in [-0.3, -0.25) is 0 Å². The van der Waals surface area contributed by atoms with Crippen LogP contribution in [0.4, 0.5) is 0 Å². The van der Waals surface area contributed by atoms with Crippen LogP contribution in [0.3, 0.4) is 0 Å². The zero-order valence-electron chi connectivity index (χ0n) is 8.34. The molecule has 3 N–H and O–H groups in total. The van der Waals surface area contributed by atoms with Crippen molar-refractivity contribution < 1.29 is 5.11 Å². The van der Waals surface area contributed by atoms with Crippen LogP contribution in [0.15, 0.2) is 30.5 Å². The Morgan fingerprint density at radius 2 is 2.00 bits per heavy atom. The summed E-state index contributed by atoms with van der Waals surface area (Å²) in [6, 6.07) is 7.02. The van der Waals surface area contributed by atoms with E-state index in [1.54, 1.807) is 29.7 Å². The molecule has 1 aromatic heterocycles. The molecule has 15 heavy (non-hydrogen) atoms. The fraction of sp³-hybridized carbons (Fsp3) is 0.182. The van der Waals surface area contributed by atoms with Gasteiger partial charge < -0.3 is 10.8 Å². The predicted molar refractivity (Wildman–Crippen MR) is 61.8 cm³/mol. The second kappa shape index (κ2) is 4.00. The third-order valence-corrected chi connectivity index (χ3v) is 3.33. The minimum Gasteiger partial charge on any atom is -0.508 e.